The summed E-state index contributed by atoms with van der Waals surface area (Å²) in [6.45, 7) is 4.33. The predicted molar refractivity (Wildman–Crippen MR) is 121 cm³/mol. The van der Waals surface area contributed by atoms with Gasteiger partial charge in [0.15, 0.2) is 0 Å². The molecule has 1 saturated heterocycles. The van der Waals surface area contributed by atoms with Gasteiger partial charge in [0.1, 0.15) is 11.6 Å². The van der Waals surface area contributed by atoms with Crippen LogP contribution < -0.4 is 15.5 Å². The van der Waals surface area contributed by atoms with Crippen LogP contribution in [-0.4, -0.2) is 37.2 Å². The second-order valence-electron chi connectivity index (χ2n) is 8.50. The molecule has 2 heterocycles. The van der Waals surface area contributed by atoms with Gasteiger partial charge in [-0.2, -0.15) is 0 Å². The molecule has 0 bridgehead atoms. The average molecular weight is 390 g/mol. The van der Waals surface area contributed by atoms with Crippen LogP contribution in [0.2, 0.25) is 0 Å². The molecule has 2 aromatic rings. The molecular formula is C24H31N5. The van der Waals surface area contributed by atoms with Crippen molar-refractivity contribution >= 4 is 17.2 Å². The van der Waals surface area contributed by atoms with E-state index >= 15 is 0 Å². The van der Waals surface area contributed by atoms with Crippen molar-refractivity contribution in [1.82, 2.24) is 15.3 Å². The fourth-order valence-corrected chi connectivity index (χ4v) is 4.01. The molecule has 0 saturated carbocycles. The largest absolute Gasteiger partial charge is 0.378 e. The molecule has 152 valence electrons. The summed E-state index contributed by atoms with van der Waals surface area (Å²) < 4.78 is 0. The number of rotatable bonds is 5. The molecule has 1 aliphatic heterocycles. The molecule has 1 aliphatic carbocycles. The zero-order valence-electron chi connectivity index (χ0n) is 17.7. The Kier molecular flexibility index (Phi) is 5.67. The van der Waals surface area contributed by atoms with Crippen LogP contribution in [0.1, 0.15) is 43.6 Å². The Morgan fingerprint density at radius 1 is 1.10 bits per heavy atom. The number of hydrogen-bond acceptors (Lipinski definition) is 5. The third kappa shape index (κ3) is 4.51. The van der Waals surface area contributed by atoms with E-state index in [-0.39, 0.29) is 5.41 Å². The Balaban J connectivity index is 1.70. The minimum absolute atomic E-state index is 0.0960. The third-order valence-corrected chi connectivity index (χ3v) is 5.92. The smallest absolute Gasteiger partial charge is 0.134 e. The van der Waals surface area contributed by atoms with Crippen LogP contribution in [0.25, 0.3) is 0 Å². The van der Waals surface area contributed by atoms with Gasteiger partial charge >= 0.3 is 0 Å². The van der Waals surface area contributed by atoms with E-state index in [0.29, 0.717) is 5.92 Å². The molecule has 0 spiro atoms. The molecular weight excluding hydrogens is 358 g/mol. The molecule has 2 N–H and O–H groups in total. The minimum Gasteiger partial charge on any atom is -0.378 e. The number of nitrogens with zero attached hydrogens (tertiary/aromatic N) is 3. The highest BCUT2D eigenvalue weighted by Gasteiger charge is 2.28. The second kappa shape index (κ2) is 8.37. The monoisotopic (exact) mass is 389 g/mol. The normalized spacial score (nSPS) is 21.9. The zero-order valence-corrected chi connectivity index (χ0v) is 17.7. The number of anilines is 3. The number of allylic oxidation sites excluding steroid dienone is 4. The van der Waals surface area contributed by atoms with Gasteiger partial charge in [0.05, 0.1) is 5.69 Å². The molecule has 1 atom stereocenters. The van der Waals surface area contributed by atoms with Crippen molar-refractivity contribution in [1.29, 1.82) is 0 Å². The summed E-state index contributed by atoms with van der Waals surface area (Å²) in [4.78, 5) is 12.1. The van der Waals surface area contributed by atoms with Crippen LogP contribution in [0, 0.1) is 0 Å². The molecule has 1 unspecified atom stereocenters. The second-order valence-corrected chi connectivity index (χ2v) is 8.50. The van der Waals surface area contributed by atoms with Crippen molar-refractivity contribution in [2.75, 3.05) is 37.4 Å². The summed E-state index contributed by atoms with van der Waals surface area (Å²) in [7, 11) is 4.11. The fourth-order valence-electron chi connectivity index (χ4n) is 4.01. The number of piperidine rings is 1. The maximum Gasteiger partial charge on any atom is 0.134 e. The first-order valence-corrected chi connectivity index (χ1v) is 10.5. The van der Waals surface area contributed by atoms with E-state index in [1.165, 1.54) is 0 Å². The fraction of sp³-hybridized carbons (Fsp3) is 0.417. The van der Waals surface area contributed by atoms with E-state index in [1.54, 1.807) is 0 Å². The predicted octanol–water partition coefficient (Wildman–Crippen LogP) is 4.53. The van der Waals surface area contributed by atoms with Crippen molar-refractivity contribution in [3.05, 3.63) is 66.2 Å². The van der Waals surface area contributed by atoms with Gasteiger partial charge in [0, 0.05) is 42.9 Å². The molecule has 0 amide bonds. The molecule has 0 radical (unpaired) electrons. The Labute approximate surface area is 174 Å². The number of nitrogens with one attached hydrogen (secondary N) is 2. The van der Waals surface area contributed by atoms with Crippen LogP contribution in [0.4, 0.5) is 17.2 Å². The summed E-state index contributed by atoms with van der Waals surface area (Å²) in [6.07, 6.45) is 11.9. The number of aromatic nitrogens is 2. The molecule has 1 fully saturated rings. The van der Waals surface area contributed by atoms with Gasteiger partial charge in [0.25, 0.3) is 0 Å². The van der Waals surface area contributed by atoms with Gasteiger partial charge in [-0.25, -0.2) is 9.97 Å². The topological polar surface area (TPSA) is 53.1 Å². The van der Waals surface area contributed by atoms with E-state index in [1.807, 2.05) is 0 Å². The maximum absolute atomic E-state index is 5.07. The lowest BCUT2D eigenvalue weighted by Crippen LogP contribution is -2.29. The summed E-state index contributed by atoms with van der Waals surface area (Å²) >= 11 is 0. The van der Waals surface area contributed by atoms with Gasteiger partial charge in [0.2, 0.25) is 0 Å². The quantitative estimate of drug-likeness (QED) is 0.787. The molecule has 5 nitrogen and oxygen atoms in total. The van der Waals surface area contributed by atoms with Crippen molar-refractivity contribution < 1.29 is 0 Å². The SMILES string of the molecule is CN(C)c1cccc(Nc2cc(C3(C)C=CC=CC3)nc(C3CCNCC3)n2)c1. The lowest BCUT2D eigenvalue weighted by atomic mass is 9.80. The van der Waals surface area contributed by atoms with Gasteiger partial charge in [-0.15, -0.1) is 0 Å². The Hall–Kier alpha value is -2.66. The van der Waals surface area contributed by atoms with Crippen molar-refractivity contribution in [3.8, 4) is 0 Å². The molecule has 2 aliphatic rings. The highest BCUT2D eigenvalue weighted by Crippen LogP contribution is 2.34. The highest BCUT2D eigenvalue weighted by molar-refractivity contribution is 5.63. The van der Waals surface area contributed by atoms with Crippen molar-refractivity contribution in [3.63, 3.8) is 0 Å². The van der Waals surface area contributed by atoms with Crippen molar-refractivity contribution in [2.45, 2.75) is 37.5 Å². The number of benzene rings is 1. The molecule has 5 heteroatoms. The van der Waals surface area contributed by atoms with Crippen LogP contribution in [0.3, 0.4) is 0 Å². The Bertz CT molecular complexity index is 911. The average Bonchev–Trinajstić information content (AvgIpc) is 2.75. The summed E-state index contributed by atoms with van der Waals surface area (Å²) in [5, 5.41) is 6.98. The number of hydrogen-bond donors (Lipinski definition) is 2. The van der Waals surface area contributed by atoms with E-state index in [0.717, 1.165) is 61.1 Å². The molecule has 1 aromatic heterocycles. The Morgan fingerprint density at radius 3 is 2.66 bits per heavy atom. The van der Waals surface area contributed by atoms with E-state index < -0.39 is 0 Å². The van der Waals surface area contributed by atoms with Crippen LogP contribution in [0.15, 0.2) is 54.6 Å². The third-order valence-electron chi connectivity index (χ3n) is 5.92. The summed E-state index contributed by atoms with van der Waals surface area (Å²) in [5.74, 6) is 2.26. The standard InChI is InChI=1S/C24H31N5/c1-24(12-5-4-6-13-24)21-17-22(26-19-8-7-9-20(16-19)29(2)3)28-23(27-21)18-10-14-25-15-11-18/h4-9,12,16-18,25H,10-11,13-15H2,1-3H3,(H,26,27,28). The zero-order chi connectivity index (χ0) is 20.3. The lowest BCUT2D eigenvalue weighted by molar-refractivity contribution is 0.441. The lowest BCUT2D eigenvalue weighted by Gasteiger charge is -2.28. The van der Waals surface area contributed by atoms with Crippen molar-refractivity contribution in [2.24, 2.45) is 0 Å². The maximum atomic E-state index is 5.07. The first-order chi connectivity index (χ1) is 14.0. The summed E-state index contributed by atoms with van der Waals surface area (Å²) in [5.41, 5.74) is 3.20. The van der Waals surface area contributed by atoms with E-state index in [2.05, 4.69) is 91.2 Å². The van der Waals surface area contributed by atoms with Crippen LogP contribution in [-0.2, 0) is 5.41 Å². The Morgan fingerprint density at radius 2 is 1.93 bits per heavy atom. The van der Waals surface area contributed by atoms with Crippen LogP contribution >= 0.6 is 0 Å². The van der Waals surface area contributed by atoms with Crippen LogP contribution in [0.5, 0.6) is 0 Å². The van der Waals surface area contributed by atoms with E-state index in [9.17, 15) is 0 Å². The minimum atomic E-state index is -0.0960. The van der Waals surface area contributed by atoms with Gasteiger partial charge < -0.3 is 15.5 Å². The first-order valence-electron chi connectivity index (χ1n) is 10.5. The van der Waals surface area contributed by atoms with Gasteiger partial charge in [-0.05, 0) is 50.6 Å². The summed E-state index contributed by atoms with van der Waals surface area (Å²) in [6, 6.07) is 10.5. The molecule has 4 rings (SSSR count). The highest BCUT2D eigenvalue weighted by atomic mass is 15.1. The van der Waals surface area contributed by atoms with Gasteiger partial charge in [-0.3, -0.25) is 0 Å². The first kappa shape index (κ1) is 19.6. The molecule has 1 aromatic carbocycles. The van der Waals surface area contributed by atoms with E-state index in [4.69, 9.17) is 9.97 Å². The molecule has 29 heavy (non-hydrogen) atoms. The van der Waals surface area contributed by atoms with Gasteiger partial charge in [-0.1, -0.05) is 37.3 Å².